The van der Waals surface area contributed by atoms with E-state index in [0.717, 1.165) is 23.6 Å². The minimum Gasteiger partial charge on any atom is -0.354 e. The summed E-state index contributed by atoms with van der Waals surface area (Å²) in [4.78, 5) is 18.8. The van der Waals surface area contributed by atoms with Crippen molar-refractivity contribution >= 4 is 53.0 Å². The van der Waals surface area contributed by atoms with Crippen LogP contribution in [-0.2, 0) is 13.0 Å². The molecule has 0 aliphatic rings. The van der Waals surface area contributed by atoms with E-state index < -0.39 is 0 Å². The lowest BCUT2D eigenvalue weighted by atomic mass is 10.2. The zero-order valence-electron chi connectivity index (χ0n) is 17.7. The molecule has 1 aromatic heterocycles. The third-order valence-electron chi connectivity index (χ3n) is 4.00. The number of urea groups is 1. The van der Waals surface area contributed by atoms with E-state index in [4.69, 9.17) is 0 Å². The van der Waals surface area contributed by atoms with Crippen molar-refractivity contribution in [2.75, 3.05) is 12.4 Å². The van der Waals surface area contributed by atoms with E-state index >= 15 is 0 Å². The van der Waals surface area contributed by atoms with Crippen LogP contribution >= 0.6 is 35.3 Å². The van der Waals surface area contributed by atoms with Gasteiger partial charge in [-0.05, 0) is 57.5 Å². The molecule has 1 atom stereocenters. The molecule has 160 valence electrons. The molecule has 0 spiro atoms. The van der Waals surface area contributed by atoms with E-state index in [0.29, 0.717) is 6.54 Å². The summed E-state index contributed by atoms with van der Waals surface area (Å²) in [7, 11) is 1.78. The normalized spacial score (nSPS) is 12.1. The van der Waals surface area contributed by atoms with Crippen molar-refractivity contribution in [1.29, 1.82) is 0 Å². The van der Waals surface area contributed by atoms with Crippen LogP contribution in [0, 0.1) is 6.92 Å². The quantitative estimate of drug-likeness (QED) is 0.242. The van der Waals surface area contributed by atoms with Gasteiger partial charge in [0, 0.05) is 47.5 Å². The van der Waals surface area contributed by atoms with Crippen LogP contribution < -0.4 is 21.3 Å². The highest BCUT2D eigenvalue weighted by atomic mass is 127. The van der Waals surface area contributed by atoms with E-state index in [2.05, 4.69) is 52.2 Å². The van der Waals surface area contributed by atoms with Crippen molar-refractivity contribution in [1.82, 2.24) is 16.0 Å². The van der Waals surface area contributed by atoms with Crippen molar-refractivity contribution in [3.05, 3.63) is 51.7 Å². The zero-order chi connectivity index (χ0) is 20.5. The lowest BCUT2D eigenvalue weighted by Crippen LogP contribution is -2.42. The fourth-order valence-electron chi connectivity index (χ4n) is 2.70. The van der Waals surface area contributed by atoms with Gasteiger partial charge in [0.15, 0.2) is 5.96 Å². The van der Waals surface area contributed by atoms with Gasteiger partial charge >= 0.3 is 6.03 Å². The van der Waals surface area contributed by atoms with Gasteiger partial charge in [0.05, 0.1) is 0 Å². The second kappa shape index (κ2) is 12.7. The Hall–Kier alpha value is -1.81. The number of guanidine groups is 1. The van der Waals surface area contributed by atoms with Crippen molar-refractivity contribution < 1.29 is 4.79 Å². The maximum Gasteiger partial charge on any atom is 0.319 e. The molecule has 0 aliphatic heterocycles. The maximum absolute atomic E-state index is 11.7. The predicted molar refractivity (Wildman–Crippen MR) is 135 cm³/mol. The van der Waals surface area contributed by atoms with Gasteiger partial charge in [0.2, 0.25) is 0 Å². The number of carbonyl (C=O) groups excluding carboxylic acids is 1. The van der Waals surface area contributed by atoms with Crippen molar-refractivity contribution in [2.45, 2.75) is 52.7 Å². The van der Waals surface area contributed by atoms with Gasteiger partial charge in [-0.15, -0.1) is 35.3 Å². The van der Waals surface area contributed by atoms with Crippen LogP contribution in [0.2, 0.25) is 0 Å². The summed E-state index contributed by atoms with van der Waals surface area (Å²) in [5, 5.41) is 12.4. The summed E-state index contributed by atoms with van der Waals surface area (Å²) < 4.78 is 0. The number of halogens is 1. The molecule has 0 saturated carbocycles. The van der Waals surface area contributed by atoms with Crippen LogP contribution in [0.25, 0.3) is 0 Å². The highest BCUT2D eigenvalue weighted by molar-refractivity contribution is 14.0. The average molecular weight is 529 g/mol. The number of thiophene rings is 1. The Balaban J connectivity index is 0.00000420. The molecule has 1 aromatic carbocycles. The number of carbonyl (C=O) groups is 1. The average Bonchev–Trinajstić information content (AvgIpc) is 3.03. The highest BCUT2D eigenvalue weighted by Gasteiger charge is 2.08. The number of hydrogen-bond acceptors (Lipinski definition) is 3. The van der Waals surface area contributed by atoms with Crippen molar-refractivity contribution in [3.63, 3.8) is 0 Å². The lowest BCUT2D eigenvalue weighted by Gasteiger charge is -2.17. The molecule has 4 N–H and O–H groups in total. The fourth-order valence-corrected chi connectivity index (χ4v) is 3.72. The molecule has 0 fully saturated rings. The summed E-state index contributed by atoms with van der Waals surface area (Å²) in [5.74, 6) is 0.777. The standard InChI is InChI=1S/C21H31N5OS.HI/c1-14(2)24-21(27)26-18-9-7-17(8-10-18)13-23-20(22-5)25-15(3)12-19-11-6-16(4)28-19;/h6-11,14-15H,12-13H2,1-5H3,(H2,22,23,25)(H2,24,26,27);1H. The van der Waals surface area contributed by atoms with E-state index in [-0.39, 0.29) is 42.1 Å². The predicted octanol–water partition coefficient (Wildman–Crippen LogP) is 4.50. The number of nitrogens with zero attached hydrogens (tertiary/aromatic N) is 1. The van der Waals surface area contributed by atoms with Crippen molar-refractivity contribution in [3.8, 4) is 0 Å². The van der Waals surface area contributed by atoms with Crippen LogP contribution in [-0.4, -0.2) is 31.1 Å². The fraction of sp³-hybridized carbons (Fsp3) is 0.429. The molecular formula is C21H32IN5OS. The van der Waals surface area contributed by atoms with Gasteiger partial charge in [-0.2, -0.15) is 0 Å². The van der Waals surface area contributed by atoms with Gasteiger partial charge in [-0.1, -0.05) is 12.1 Å². The lowest BCUT2D eigenvalue weighted by molar-refractivity contribution is 0.250. The number of hydrogen-bond donors (Lipinski definition) is 4. The van der Waals surface area contributed by atoms with Crippen LogP contribution in [0.4, 0.5) is 10.5 Å². The molecule has 2 rings (SSSR count). The van der Waals surface area contributed by atoms with Crippen LogP contribution in [0.15, 0.2) is 41.4 Å². The van der Waals surface area contributed by atoms with E-state index in [1.165, 1.54) is 9.75 Å². The third kappa shape index (κ3) is 9.49. The molecule has 2 amide bonds. The second-order valence-electron chi connectivity index (χ2n) is 7.14. The Kier molecular flexibility index (Phi) is 11.0. The summed E-state index contributed by atoms with van der Waals surface area (Å²) in [5.41, 5.74) is 1.88. The SMILES string of the molecule is CN=C(NCc1ccc(NC(=O)NC(C)C)cc1)NC(C)Cc1ccc(C)s1.I. The Morgan fingerprint density at radius 1 is 1.07 bits per heavy atom. The third-order valence-corrected chi connectivity index (χ3v) is 5.02. The van der Waals surface area contributed by atoms with Crippen LogP contribution in [0.3, 0.4) is 0 Å². The van der Waals surface area contributed by atoms with E-state index in [9.17, 15) is 4.79 Å². The van der Waals surface area contributed by atoms with Crippen LogP contribution in [0.1, 0.15) is 36.1 Å². The summed E-state index contributed by atoms with van der Waals surface area (Å²) in [6.45, 7) is 8.80. The molecule has 0 saturated heterocycles. The summed E-state index contributed by atoms with van der Waals surface area (Å²) in [6.07, 6.45) is 0.970. The first-order chi connectivity index (χ1) is 13.4. The summed E-state index contributed by atoms with van der Waals surface area (Å²) in [6, 6.07) is 12.3. The van der Waals surface area contributed by atoms with E-state index in [1.54, 1.807) is 7.05 Å². The molecule has 29 heavy (non-hydrogen) atoms. The monoisotopic (exact) mass is 529 g/mol. The van der Waals surface area contributed by atoms with Gasteiger partial charge in [-0.25, -0.2) is 4.79 Å². The Morgan fingerprint density at radius 3 is 2.31 bits per heavy atom. The second-order valence-corrected chi connectivity index (χ2v) is 8.51. The van der Waals surface area contributed by atoms with Gasteiger partial charge in [0.25, 0.3) is 0 Å². The first-order valence-corrected chi connectivity index (χ1v) is 10.4. The minimum absolute atomic E-state index is 0. The highest BCUT2D eigenvalue weighted by Crippen LogP contribution is 2.16. The Labute approximate surface area is 195 Å². The molecule has 1 heterocycles. The topological polar surface area (TPSA) is 77.5 Å². The first-order valence-electron chi connectivity index (χ1n) is 9.54. The Morgan fingerprint density at radius 2 is 1.76 bits per heavy atom. The zero-order valence-corrected chi connectivity index (χ0v) is 20.9. The van der Waals surface area contributed by atoms with Gasteiger partial charge < -0.3 is 21.3 Å². The maximum atomic E-state index is 11.7. The number of benzene rings is 1. The van der Waals surface area contributed by atoms with Gasteiger partial charge in [-0.3, -0.25) is 4.99 Å². The molecule has 0 bridgehead atoms. The first kappa shape index (κ1) is 25.2. The molecule has 6 nitrogen and oxygen atoms in total. The molecular weight excluding hydrogens is 497 g/mol. The van der Waals surface area contributed by atoms with E-state index in [1.807, 2.05) is 49.4 Å². The number of rotatable bonds is 7. The number of nitrogens with one attached hydrogen (secondary N) is 4. The molecule has 1 unspecified atom stereocenters. The Bertz CT molecular complexity index is 789. The molecule has 0 aliphatic carbocycles. The number of aryl methyl sites for hydroxylation is 1. The number of anilines is 1. The molecule has 8 heteroatoms. The summed E-state index contributed by atoms with van der Waals surface area (Å²) >= 11 is 1.83. The minimum atomic E-state index is -0.194. The smallest absolute Gasteiger partial charge is 0.319 e. The molecule has 2 aromatic rings. The largest absolute Gasteiger partial charge is 0.354 e. The van der Waals surface area contributed by atoms with Crippen LogP contribution in [0.5, 0.6) is 0 Å². The van der Waals surface area contributed by atoms with Crippen molar-refractivity contribution in [2.24, 2.45) is 4.99 Å². The molecule has 0 radical (unpaired) electrons. The van der Waals surface area contributed by atoms with Gasteiger partial charge in [0.1, 0.15) is 0 Å². The number of aliphatic imine (C=N–C) groups is 1. The number of amides is 2.